The molecule has 23 heavy (non-hydrogen) atoms. The molecule has 5 heteroatoms. The molecule has 0 aromatic heterocycles. The van der Waals surface area contributed by atoms with E-state index in [1.165, 1.54) is 0 Å². The lowest BCUT2D eigenvalue weighted by Gasteiger charge is -2.10. The van der Waals surface area contributed by atoms with Gasteiger partial charge in [-0.25, -0.2) is 4.79 Å². The fourth-order valence-corrected chi connectivity index (χ4v) is 2.36. The molecule has 1 amide bonds. The first-order valence-electron chi connectivity index (χ1n) is 7.18. The number of halogens is 1. The Morgan fingerprint density at radius 1 is 1.09 bits per heavy atom. The van der Waals surface area contributed by atoms with Crippen molar-refractivity contribution < 1.29 is 14.3 Å². The van der Waals surface area contributed by atoms with Gasteiger partial charge in [0.25, 0.3) is 5.91 Å². The minimum Gasteiger partial charge on any atom is -0.452 e. The van der Waals surface area contributed by atoms with E-state index in [1.807, 2.05) is 26.8 Å². The molecule has 4 nitrogen and oxygen atoms in total. The SMILES string of the molecule is Cc1cc(Cl)ccc1NC(=O)COC(=O)c1cccc(C)c1C. The van der Waals surface area contributed by atoms with Gasteiger partial charge < -0.3 is 10.1 Å². The van der Waals surface area contributed by atoms with Gasteiger partial charge in [-0.15, -0.1) is 0 Å². The van der Waals surface area contributed by atoms with E-state index >= 15 is 0 Å². The number of hydrogen-bond donors (Lipinski definition) is 1. The number of esters is 1. The second-order valence-electron chi connectivity index (χ2n) is 5.33. The largest absolute Gasteiger partial charge is 0.452 e. The number of aryl methyl sites for hydroxylation is 2. The summed E-state index contributed by atoms with van der Waals surface area (Å²) >= 11 is 5.87. The molecular weight excluding hydrogens is 314 g/mol. The Labute approximate surface area is 140 Å². The predicted molar refractivity (Wildman–Crippen MR) is 91.0 cm³/mol. The molecule has 2 aromatic rings. The number of hydrogen-bond acceptors (Lipinski definition) is 3. The Morgan fingerprint density at radius 2 is 1.83 bits per heavy atom. The van der Waals surface area contributed by atoms with Crippen molar-refractivity contribution in [3.8, 4) is 0 Å². The van der Waals surface area contributed by atoms with Gasteiger partial charge in [0.1, 0.15) is 0 Å². The third-order valence-electron chi connectivity index (χ3n) is 3.62. The maximum absolute atomic E-state index is 12.1. The second-order valence-corrected chi connectivity index (χ2v) is 5.77. The zero-order valence-corrected chi connectivity index (χ0v) is 14.0. The van der Waals surface area contributed by atoms with Gasteiger partial charge in [0.15, 0.2) is 6.61 Å². The van der Waals surface area contributed by atoms with Crippen LogP contribution in [0.4, 0.5) is 5.69 Å². The van der Waals surface area contributed by atoms with Crippen LogP contribution in [-0.4, -0.2) is 18.5 Å². The van der Waals surface area contributed by atoms with Crippen molar-refractivity contribution in [3.63, 3.8) is 0 Å². The minimum absolute atomic E-state index is 0.339. The molecule has 0 radical (unpaired) electrons. The number of ether oxygens (including phenoxy) is 1. The molecule has 0 heterocycles. The van der Waals surface area contributed by atoms with Gasteiger partial charge in [0.2, 0.25) is 0 Å². The van der Waals surface area contributed by atoms with Crippen molar-refractivity contribution in [2.45, 2.75) is 20.8 Å². The fourth-order valence-electron chi connectivity index (χ4n) is 2.13. The van der Waals surface area contributed by atoms with E-state index in [0.29, 0.717) is 16.3 Å². The number of carbonyl (C=O) groups is 2. The first-order chi connectivity index (χ1) is 10.9. The molecular formula is C18H18ClNO3. The van der Waals surface area contributed by atoms with Gasteiger partial charge in [-0.1, -0.05) is 23.7 Å². The zero-order chi connectivity index (χ0) is 17.0. The molecule has 0 spiro atoms. The Bertz CT molecular complexity index is 756. The van der Waals surface area contributed by atoms with Crippen LogP contribution >= 0.6 is 11.6 Å². The average molecular weight is 332 g/mol. The standard InChI is InChI=1S/C18H18ClNO3/c1-11-5-4-6-15(13(11)3)18(22)23-10-17(21)20-16-8-7-14(19)9-12(16)2/h4-9H,10H2,1-3H3,(H,20,21). The monoisotopic (exact) mass is 331 g/mol. The van der Waals surface area contributed by atoms with E-state index in [4.69, 9.17) is 16.3 Å². The molecule has 0 atom stereocenters. The summed E-state index contributed by atoms with van der Waals surface area (Å²) in [6.45, 7) is 5.27. The van der Waals surface area contributed by atoms with Crippen LogP contribution in [-0.2, 0) is 9.53 Å². The van der Waals surface area contributed by atoms with E-state index in [9.17, 15) is 9.59 Å². The molecule has 0 fully saturated rings. The highest BCUT2D eigenvalue weighted by atomic mass is 35.5. The van der Waals surface area contributed by atoms with Crippen LogP contribution in [0.3, 0.4) is 0 Å². The number of benzene rings is 2. The second kappa shape index (κ2) is 7.29. The summed E-state index contributed by atoms with van der Waals surface area (Å²) in [4.78, 5) is 24.0. The van der Waals surface area contributed by atoms with Crippen LogP contribution < -0.4 is 5.32 Å². The normalized spacial score (nSPS) is 10.3. The van der Waals surface area contributed by atoms with Crippen LogP contribution in [0.25, 0.3) is 0 Å². The summed E-state index contributed by atoms with van der Waals surface area (Å²) in [5.41, 5.74) is 3.81. The molecule has 2 aromatic carbocycles. The van der Waals surface area contributed by atoms with Crippen LogP contribution in [0.15, 0.2) is 36.4 Å². The lowest BCUT2D eigenvalue weighted by atomic mass is 10.0. The highest BCUT2D eigenvalue weighted by Gasteiger charge is 2.14. The van der Waals surface area contributed by atoms with E-state index < -0.39 is 11.9 Å². The summed E-state index contributed by atoms with van der Waals surface area (Å²) in [6, 6.07) is 10.5. The smallest absolute Gasteiger partial charge is 0.338 e. The van der Waals surface area contributed by atoms with Crippen molar-refractivity contribution >= 4 is 29.2 Å². The maximum Gasteiger partial charge on any atom is 0.338 e. The number of carbonyl (C=O) groups excluding carboxylic acids is 2. The van der Waals surface area contributed by atoms with Gasteiger partial charge >= 0.3 is 5.97 Å². The number of rotatable bonds is 4. The van der Waals surface area contributed by atoms with Crippen LogP contribution in [0.1, 0.15) is 27.0 Å². The van der Waals surface area contributed by atoms with Gasteiger partial charge in [-0.3, -0.25) is 4.79 Å². The highest BCUT2D eigenvalue weighted by Crippen LogP contribution is 2.19. The van der Waals surface area contributed by atoms with Crippen LogP contribution in [0, 0.1) is 20.8 Å². The molecule has 0 aliphatic rings. The Hall–Kier alpha value is -2.33. The van der Waals surface area contributed by atoms with E-state index in [1.54, 1.807) is 30.3 Å². The molecule has 0 aliphatic carbocycles. The van der Waals surface area contributed by atoms with E-state index in [2.05, 4.69) is 5.32 Å². The summed E-state index contributed by atoms with van der Waals surface area (Å²) in [5, 5.41) is 3.29. The minimum atomic E-state index is -0.505. The fraction of sp³-hybridized carbons (Fsp3) is 0.222. The van der Waals surface area contributed by atoms with Gasteiger partial charge in [0, 0.05) is 10.7 Å². The van der Waals surface area contributed by atoms with Crippen molar-refractivity contribution in [2.75, 3.05) is 11.9 Å². The van der Waals surface area contributed by atoms with Crippen molar-refractivity contribution in [3.05, 3.63) is 63.7 Å². The topological polar surface area (TPSA) is 55.4 Å². The molecule has 0 saturated heterocycles. The summed E-state index contributed by atoms with van der Waals surface area (Å²) < 4.78 is 5.08. The van der Waals surface area contributed by atoms with Gasteiger partial charge in [-0.05, 0) is 61.7 Å². The van der Waals surface area contributed by atoms with Crippen LogP contribution in [0.5, 0.6) is 0 Å². The lowest BCUT2D eigenvalue weighted by molar-refractivity contribution is -0.119. The van der Waals surface area contributed by atoms with Crippen molar-refractivity contribution in [2.24, 2.45) is 0 Å². The zero-order valence-electron chi connectivity index (χ0n) is 13.3. The Morgan fingerprint density at radius 3 is 2.52 bits per heavy atom. The average Bonchev–Trinajstić information content (AvgIpc) is 2.50. The highest BCUT2D eigenvalue weighted by molar-refractivity contribution is 6.30. The Kier molecular flexibility index (Phi) is 5.40. The Balaban J connectivity index is 1.96. The number of amides is 1. The third kappa shape index (κ3) is 4.33. The van der Waals surface area contributed by atoms with Gasteiger partial charge in [-0.2, -0.15) is 0 Å². The maximum atomic E-state index is 12.1. The third-order valence-corrected chi connectivity index (χ3v) is 3.86. The summed E-state index contributed by atoms with van der Waals surface area (Å²) in [5.74, 6) is -0.900. The number of anilines is 1. The van der Waals surface area contributed by atoms with Crippen molar-refractivity contribution in [1.82, 2.24) is 0 Å². The first kappa shape index (κ1) is 17.0. The molecule has 0 bridgehead atoms. The van der Waals surface area contributed by atoms with E-state index in [0.717, 1.165) is 16.7 Å². The molecule has 0 saturated carbocycles. The lowest BCUT2D eigenvalue weighted by Crippen LogP contribution is -2.21. The molecule has 120 valence electrons. The quantitative estimate of drug-likeness (QED) is 0.859. The summed E-state index contributed by atoms with van der Waals surface area (Å²) in [6.07, 6.45) is 0. The van der Waals surface area contributed by atoms with E-state index in [-0.39, 0.29) is 6.61 Å². The van der Waals surface area contributed by atoms with Crippen LogP contribution in [0.2, 0.25) is 5.02 Å². The molecule has 2 rings (SSSR count). The van der Waals surface area contributed by atoms with Gasteiger partial charge in [0.05, 0.1) is 5.56 Å². The predicted octanol–water partition coefficient (Wildman–Crippen LogP) is 4.06. The molecule has 1 N–H and O–H groups in total. The molecule has 0 unspecified atom stereocenters. The molecule has 0 aliphatic heterocycles. The first-order valence-corrected chi connectivity index (χ1v) is 7.55. The number of nitrogens with one attached hydrogen (secondary N) is 1. The van der Waals surface area contributed by atoms with Crippen molar-refractivity contribution in [1.29, 1.82) is 0 Å². The summed E-state index contributed by atoms with van der Waals surface area (Å²) in [7, 11) is 0.